The van der Waals surface area contributed by atoms with Crippen molar-refractivity contribution in [3.8, 4) is 0 Å². The van der Waals surface area contributed by atoms with Crippen molar-refractivity contribution in [1.29, 1.82) is 0 Å². The highest BCUT2D eigenvalue weighted by Crippen LogP contribution is 2.35. The lowest BCUT2D eigenvalue weighted by Gasteiger charge is -2.26. The number of benzene rings is 2. The molecule has 0 aromatic heterocycles. The fraction of sp³-hybridized carbons (Fsp3) is 0.412. The van der Waals surface area contributed by atoms with Gasteiger partial charge in [0.15, 0.2) is 0 Å². The first-order valence-corrected chi connectivity index (χ1v) is 6.82. The highest BCUT2D eigenvalue weighted by Gasteiger charge is 2.29. The first-order valence-electron chi connectivity index (χ1n) is 6.82. The average molecular weight is 280 g/mol. The van der Waals surface area contributed by atoms with E-state index in [1.165, 1.54) is 0 Å². The third-order valence-corrected chi connectivity index (χ3v) is 4.02. The minimum Gasteiger partial charge on any atom is -0.171 e. The molecule has 2 aromatic carbocycles. The molecule has 2 aromatic rings. The maximum Gasteiger partial charge on any atom is 0.393 e. The van der Waals surface area contributed by atoms with Gasteiger partial charge in [0, 0.05) is 0 Å². The van der Waals surface area contributed by atoms with Gasteiger partial charge in [-0.1, -0.05) is 57.2 Å². The molecule has 20 heavy (non-hydrogen) atoms. The predicted molar refractivity (Wildman–Crippen MR) is 77.0 cm³/mol. The minimum absolute atomic E-state index is 0.0453. The van der Waals surface area contributed by atoms with Crippen molar-refractivity contribution in [2.75, 3.05) is 0 Å². The lowest BCUT2D eigenvalue weighted by molar-refractivity contribution is -0.126. The topological polar surface area (TPSA) is 0 Å². The van der Waals surface area contributed by atoms with Crippen molar-refractivity contribution >= 4 is 10.8 Å². The molecule has 0 saturated carbocycles. The van der Waals surface area contributed by atoms with Crippen molar-refractivity contribution in [2.24, 2.45) is 0 Å². The van der Waals surface area contributed by atoms with E-state index in [1.54, 1.807) is 18.2 Å². The second kappa shape index (κ2) is 5.12. The first kappa shape index (κ1) is 14.9. The summed E-state index contributed by atoms with van der Waals surface area (Å²) in [5.41, 5.74) is 1.42. The lowest BCUT2D eigenvalue weighted by Crippen LogP contribution is -2.17. The molecule has 0 atom stereocenters. The van der Waals surface area contributed by atoms with Crippen LogP contribution in [-0.4, -0.2) is 6.18 Å². The second-order valence-electron chi connectivity index (χ2n) is 5.85. The van der Waals surface area contributed by atoms with Gasteiger partial charge in [-0.3, -0.25) is 0 Å². The van der Waals surface area contributed by atoms with Crippen LogP contribution in [0.3, 0.4) is 0 Å². The Kier molecular flexibility index (Phi) is 3.81. The van der Waals surface area contributed by atoms with Gasteiger partial charge in [-0.15, -0.1) is 0 Å². The molecule has 0 radical (unpaired) electrons. The van der Waals surface area contributed by atoms with Gasteiger partial charge in [-0.2, -0.15) is 13.2 Å². The molecule has 0 saturated heterocycles. The summed E-state index contributed by atoms with van der Waals surface area (Å²) in [6.45, 7) is 6.34. The quantitative estimate of drug-likeness (QED) is 0.683. The Labute approximate surface area is 117 Å². The Morgan fingerprint density at radius 2 is 1.50 bits per heavy atom. The average Bonchev–Trinajstić information content (AvgIpc) is 2.37. The molecule has 0 fully saturated rings. The molecule has 0 N–H and O–H groups in total. The number of fused-ring (bicyclic) bond motifs is 1. The van der Waals surface area contributed by atoms with Crippen LogP contribution < -0.4 is 0 Å². The summed E-state index contributed by atoms with van der Waals surface area (Å²) in [4.78, 5) is 0. The van der Waals surface area contributed by atoms with Gasteiger partial charge in [0.1, 0.15) is 0 Å². The molecule has 0 bridgehead atoms. The SMILES string of the molecule is CCC(C)(C)c1ccc(CC(F)(F)F)c2ccccc12. The summed E-state index contributed by atoms with van der Waals surface area (Å²) in [7, 11) is 0. The van der Waals surface area contributed by atoms with Crippen molar-refractivity contribution in [3.63, 3.8) is 0 Å². The Hall–Kier alpha value is -1.51. The number of alkyl halides is 3. The van der Waals surface area contributed by atoms with Gasteiger partial charge in [0.2, 0.25) is 0 Å². The maximum absolute atomic E-state index is 12.7. The van der Waals surface area contributed by atoms with Crippen molar-refractivity contribution in [1.82, 2.24) is 0 Å². The van der Waals surface area contributed by atoms with Crippen molar-refractivity contribution in [3.05, 3.63) is 47.5 Å². The van der Waals surface area contributed by atoms with Gasteiger partial charge in [0.25, 0.3) is 0 Å². The zero-order valence-corrected chi connectivity index (χ0v) is 12.0. The standard InChI is InChI=1S/C17H19F3/c1-4-16(2,3)15-10-9-12(11-17(18,19)20)13-7-5-6-8-14(13)15/h5-10H,4,11H2,1-3H3. The van der Waals surface area contributed by atoms with E-state index in [2.05, 4.69) is 20.8 Å². The normalized spacial score (nSPS) is 12.9. The Balaban J connectivity index is 2.64. The minimum atomic E-state index is -4.18. The second-order valence-corrected chi connectivity index (χ2v) is 5.85. The molecule has 0 aliphatic rings. The Bertz CT molecular complexity index is 609. The van der Waals surface area contributed by atoms with E-state index in [9.17, 15) is 13.2 Å². The number of hydrogen-bond donors (Lipinski definition) is 0. The van der Waals surface area contributed by atoms with Gasteiger partial charge in [-0.25, -0.2) is 0 Å². The van der Waals surface area contributed by atoms with Crippen molar-refractivity contribution < 1.29 is 13.2 Å². The molecule has 0 aliphatic heterocycles. The molecule has 0 amide bonds. The largest absolute Gasteiger partial charge is 0.393 e. The summed E-state index contributed by atoms with van der Waals surface area (Å²) in [6.07, 6.45) is -4.11. The van der Waals surface area contributed by atoms with E-state index in [4.69, 9.17) is 0 Å². The van der Waals surface area contributed by atoms with Gasteiger partial charge < -0.3 is 0 Å². The van der Waals surface area contributed by atoms with E-state index in [0.717, 1.165) is 17.4 Å². The van der Waals surface area contributed by atoms with Crippen LogP contribution in [0.25, 0.3) is 10.8 Å². The Morgan fingerprint density at radius 1 is 0.900 bits per heavy atom. The monoisotopic (exact) mass is 280 g/mol. The zero-order chi connectivity index (χ0) is 15.0. The molecule has 2 rings (SSSR count). The van der Waals surface area contributed by atoms with Crippen LogP contribution in [0.15, 0.2) is 36.4 Å². The fourth-order valence-electron chi connectivity index (χ4n) is 2.51. The molecular weight excluding hydrogens is 261 g/mol. The van der Waals surface area contributed by atoms with Crippen LogP contribution in [0.4, 0.5) is 13.2 Å². The van der Waals surface area contributed by atoms with Crippen LogP contribution in [0.2, 0.25) is 0 Å². The maximum atomic E-state index is 12.7. The molecule has 108 valence electrons. The smallest absolute Gasteiger partial charge is 0.171 e. The lowest BCUT2D eigenvalue weighted by atomic mass is 9.79. The third-order valence-electron chi connectivity index (χ3n) is 4.02. The molecule has 3 heteroatoms. The van der Waals surface area contributed by atoms with Gasteiger partial charge in [-0.05, 0) is 33.7 Å². The van der Waals surface area contributed by atoms with Crippen molar-refractivity contribution in [2.45, 2.75) is 45.2 Å². The highest BCUT2D eigenvalue weighted by molar-refractivity contribution is 5.89. The van der Waals surface area contributed by atoms with Crippen LogP contribution in [-0.2, 0) is 11.8 Å². The number of halogens is 3. The number of hydrogen-bond acceptors (Lipinski definition) is 0. The molecule has 0 heterocycles. The summed E-state index contributed by atoms with van der Waals surface area (Å²) >= 11 is 0. The van der Waals surface area contributed by atoms with Crippen LogP contribution in [0.5, 0.6) is 0 Å². The Morgan fingerprint density at radius 3 is 2.05 bits per heavy atom. The molecule has 0 nitrogen and oxygen atoms in total. The summed E-state index contributed by atoms with van der Waals surface area (Å²) in [5, 5.41) is 1.64. The van der Waals surface area contributed by atoms with E-state index in [-0.39, 0.29) is 5.41 Å². The molecular formula is C17H19F3. The van der Waals surface area contributed by atoms with Crippen LogP contribution >= 0.6 is 0 Å². The third kappa shape index (κ3) is 2.97. The van der Waals surface area contributed by atoms with Crippen LogP contribution in [0.1, 0.15) is 38.3 Å². The molecule has 0 unspecified atom stereocenters. The summed E-state index contributed by atoms with van der Waals surface area (Å²) < 4.78 is 38.0. The fourth-order valence-corrected chi connectivity index (χ4v) is 2.51. The molecule has 0 aliphatic carbocycles. The summed E-state index contributed by atoms with van der Waals surface area (Å²) in [6, 6.07) is 10.9. The van der Waals surface area contributed by atoms with E-state index in [0.29, 0.717) is 10.9 Å². The predicted octanol–water partition coefficient (Wildman–Crippen LogP) is 5.63. The summed E-state index contributed by atoms with van der Waals surface area (Å²) in [5.74, 6) is 0. The van der Waals surface area contributed by atoms with E-state index in [1.807, 2.05) is 18.2 Å². The van der Waals surface area contributed by atoms with E-state index >= 15 is 0 Å². The van der Waals surface area contributed by atoms with E-state index < -0.39 is 12.6 Å². The zero-order valence-electron chi connectivity index (χ0n) is 12.0. The van der Waals surface area contributed by atoms with Gasteiger partial charge >= 0.3 is 6.18 Å². The molecule has 0 spiro atoms. The number of rotatable bonds is 3. The highest BCUT2D eigenvalue weighted by atomic mass is 19.4. The van der Waals surface area contributed by atoms with Crippen LogP contribution in [0, 0.1) is 0 Å². The first-order chi connectivity index (χ1) is 9.24. The van der Waals surface area contributed by atoms with Gasteiger partial charge in [0.05, 0.1) is 6.42 Å².